The Hall–Kier alpha value is -2.91. The lowest BCUT2D eigenvalue weighted by atomic mass is 10.1. The van der Waals surface area contributed by atoms with Crippen LogP contribution in [0.2, 0.25) is 0 Å². The first kappa shape index (κ1) is 19.4. The van der Waals surface area contributed by atoms with Crippen LogP contribution in [0.3, 0.4) is 0 Å². The van der Waals surface area contributed by atoms with Crippen molar-refractivity contribution in [2.24, 2.45) is 5.16 Å². The number of nitrogens with zero attached hydrogens (tertiary/aromatic N) is 4. The molecule has 0 fully saturated rings. The van der Waals surface area contributed by atoms with Crippen molar-refractivity contribution in [1.29, 1.82) is 0 Å². The standard InChI is InChI=1S/C16H16F4N4O2/c1-2-8-26-23-14(15(17)24-11-21-10-22-24)12-3-5-13(6-4-12)25-9-7-16(18,19)20/h2-6,10-11,15H,1,7-9H2. The molecule has 0 amide bonds. The predicted molar refractivity (Wildman–Crippen MR) is 85.5 cm³/mol. The molecule has 0 aliphatic rings. The number of hydrogen-bond acceptors (Lipinski definition) is 5. The summed E-state index contributed by atoms with van der Waals surface area (Å²) in [5, 5.41) is 7.47. The Kier molecular flexibility index (Phi) is 6.70. The highest BCUT2D eigenvalue weighted by Gasteiger charge is 2.27. The van der Waals surface area contributed by atoms with Crippen molar-refractivity contribution < 1.29 is 27.1 Å². The molecular weight excluding hydrogens is 356 g/mol. The zero-order chi connectivity index (χ0) is 19.0. The Bertz CT molecular complexity index is 715. The second-order valence-electron chi connectivity index (χ2n) is 5.01. The lowest BCUT2D eigenvalue weighted by Crippen LogP contribution is -2.18. The van der Waals surface area contributed by atoms with Gasteiger partial charge in [-0.1, -0.05) is 17.8 Å². The van der Waals surface area contributed by atoms with Crippen molar-refractivity contribution in [2.45, 2.75) is 18.9 Å². The molecule has 0 aliphatic carbocycles. The molecule has 1 aromatic heterocycles. The number of aromatic nitrogens is 3. The maximum atomic E-state index is 14.6. The van der Waals surface area contributed by atoms with Crippen LogP contribution in [0.4, 0.5) is 17.6 Å². The summed E-state index contributed by atoms with van der Waals surface area (Å²) in [5.74, 6) is 0.223. The van der Waals surface area contributed by atoms with Gasteiger partial charge in [0.25, 0.3) is 0 Å². The smallest absolute Gasteiger partial charge is 0.392 e. The molecule has 2 rings (SSSR count). The zero-order valence-electron chi connectivity index (χ0n) is 13.6. The van der Waals surface area contributed by atoms with Gasteiger partial charge < -0.3 is 9.57 Å². The summed E-state index contributed by atoms with van der Waals surface area (Å²) in [6.07, 6.45) is -3.31. The van der Waals surface area contributed by atoms with E-state index < -0.39 is 25.5 Å². The minimum absolute atomic E-state index is 0.0756. The number of alkyl halides is 4. The van der Waals surface area contributed by atoms with E-state index in [-0.39, 0.29) is 18.1 Å². The fourth-order valence-electron chi connectivity index (χ4n) is 1.86. The Morgan fingerprint density at radius 3 is 2.62 bits per heavy atom. The van der Waals surface area contributed by atoms with Crippen LogP contribution >= 0.6 is 0 Å². The highest BCUT2D eigenvalue weighted by molar-refractivity contribution is 6.02. The highest BCUT2D eigenvalue weighted by atomic mass is 19.4. The Morgan fingerprint density at radius 1 is 1.31 bits per heavy atom. The van der Waals surface area contributed by atoms with Gasteiger partial charge in [-0.2, -0.15) is 18.3 Å². The van der Waals surface area contributed by atoms with Crippen LogP contribution in [-0.2, 0) is 4.84 Å². The van der Waals surface area contributed by atoms with E-state index in [1.54, 1.807) is 0 Å². The van der Waals surface area contributed by atoms with E-state index in [4.69, 9.17) is 9.57 Å². The molecule has 2 aromatic rings. The van der Waals surface area contributed by atoms with Gasteiger partial charge in [0, 0.05) is 5.56 Å². The van der Waals surface area contributed by atoms with Crippen molar-refractivity contribution in [3.8, 4) is 5.75 Å². The first-order valence-corrected chi connectivity index (χ1v) is 7.49. The van der Waals surface area contributed by atoms with Crippen molar-refractivity contribution in [1.82, 2.24) is 14.8 Å². The third-order valence-electron chi connectivity index (χ3n) is 3.05. The molecule has 0 spiro atoms. The summed E-state index contributed by atoms with van der Waals surface area (Å²) in [5.41, 5.74) is 0.263. The molecule has 0 radical (unpaired) electrons. The van der Waals surface area contributed by atoms with Gasteiger partial charge >= 0.3 is 6.18 Å². The lowest BCUT2D eigenvalue weighted by Gasteiger charge is -2.13. The number of halogens is 4. The van der Waals surface area contributed by atoms with Gasteiger partial charge in [-0.3, -0.25) is 0 Å². The van der Waals surface area contributed by atoms with E-state index >= 15 is 0 Å². The normalized spacial score (nSPS) is 13.3. The second kappa shape index (κ2) is 8.97. The minimum atomic E-state index is -4.29. The Morgan fingerprint density at radius 2 is 2.04 bits per heavy atom. The van der Waals surface area contributed by atoms with E-state index in [2.05, 4.69) is 21.8 Å². The summed E-state index contributed by atoms with van der Waals surface area (Å²) in [4.78, 5) is 8.63. The predicted octanol–water partition coefficient (Wildman–Crippen LogP) is 3.68. The molecule has 0 aliphatic heterocycles. The fraction of sp³-hybridized carbons (Fsp3) is 0.312. The van der Waals surface area contributed by atoms with E-state index in [1.807, 2.05) is 0 Å². The number of rotatable bonds is 9. The second-order valence-corrected chi connectivity index (χ2v) is 5.01. The molecule has 140 valence electrons. The van der Waals surface area contributed by atoms with Crippen molar-refractivity contribution in [3.63, 3.8) is 0 Å². The summed E-state index contributed by atoms with van der Waals surface area (Å²) in [6.45, 7) is 3.04. The maximum Gasteiger partial charge on any atom is 0.392 e. The minimum Gasteiger partial charge on any atom is -0.493 e. The number of ether oxygens (including phenoxy) is 1. The van der Waals surface area contributed by atoms with E-state index in [1.165, 1.54) is 43.0 Å². The van der Waals surface area contributed by atoms with Gasteiger partial charge in [-0.25, -0.2) is 14.1 Å². The topological polar surface area (TPSA) is 61.5 Å². The first-order chi connectivity index (χ1) is 12.4. The monoisotopic (exact) mass is 372 g/mol. The number of hydrogen-bond donors (Lipinski definition) is 0. The molecule has 1 atom stereocenters. The average Bonchev–Trinajstić information content (AvgIpc) is 3.13. The molecule has 10 heteroatoms. The lowest BCUT2D eigenvalue weighted by molar-refractivity contribution is -0.139. The highest BCUT2D eigenvalue weighted by Crippen LogP contribution is 2.22. The number of benzene rings is 1. The van der Waals surface area contributed by atoms with Crippen LogP contribution in [0.25, 0.3) is 0 Å². The summed E-state index contributed by atoms with van der Waals surface area (Å²) in [6, 6.07) is 5.76. The number of oxime groups is 1. The van der Waals surface area contributed by atoms with Gasteiger partial charge in [0.05, 0.1) is 13.0 Å². The third kappa shape index (κ3) is 5.87. The molecule has 0 bridgehead atoms. The molecular formula is C16H16F4N4O2. The summed E-state index contributed by atoms with van der Waals surface area (Å²) >= 11 is 0. The molecule has 0 saturated carbocycles. The SMILES string of the molecule is C=CCON=C(c1ccc(OCCC(F)(F)F)cc1)C(F)n1cncn1. The summed E-state index contributed by atoms with van der Waals surface area (Å²) < 4.78 is 57.0. The van der Waals surface area contributed by atoms with Gasteiger partial charge in [0.2, 0.25) is 6.30 Å². The van der Waals surface area contributed by atoms with Gasteiger partial charge in [-0.15, -0.1) is 0 Å². The largest absolute Gasteiger partial charge is 0.493 e. The molecule has 1 heterocycles. The van der Waals surface area contributed by atoms with Gasteiger partial charge in [0.15, 0.2) is 0 Å². The van der Waals surface area contributed by atoms with Crippen LogP contribution in [0.5, 0.6) is 5.75 Å². The summed E-state index contributed by atoms with van der Waals surface area (Å²) in [7, 11) is 0. The van der Waals surface area contributed by atoms with Crippen molar-refractivity contribution >= 4 is 5.71 Å². The van der Waals surface area contributed by atoms with E-state index in [0.717, 1.165) is 4.68 Å². The Balaban J connectivity index is 2.12. The Labute approximate surface area is 146 Å². The van der Waals surface area contributed by atoms with Crippen LogP contribution in [0, 0.1) is 0 Å². The van der Waals surface area contributed by atoms with Gasteiger partial charge in [0.1, 0.15) is 30.7 Å². The average molecular weight is 372 g/mol. The fourth-order valence-corrected chi connectivity index (χ4v) is 1.86. The van der Waals surface area contributed by atoms with Crippen LogP contribution in [0.15, 0.2) is 54.7 Å². The zero-order valence-corrected chi connectivity index (χ0v) is 13.6. The maximum absolute atomic E-state index is 14.6. The molecule has 26 heavy (non-hydrogen) atoms. The van der Waals surface area contributed by atoms with Crippen LogP contribution in [0.1, 0.15) is 18.3 Å². The molecule has 0 N–H and O–H groups in total. The molecule has 1 unspecified atom stereocenters. The molecule has 0 saturated heterocycles. The van der Waals surface area contributed by atoms with Crippen molar-refractivity contribution in [2.75, 3.05) is 13.2 Å². The quantitative estimate of drug-likeness (QED) is 0.221. The van der Waals surface area contributed by atoms with Gasteiger partial charge in [-0.05, 0) is 24.3 Å². The van der Waals surface area contributed by atoms with Crippen LogP contribution < -0.4 is 4.74 Å². The van der Waals surface area contributed by atoms with Crippen molar-refractivity contribution in [3.05, 3.63) is 55.1 Å². The van der Waals surface area contributed by atoms with E-state index in [0.29, 0.717) is 5.56 Å². The third-order valence-corrected chi connectivity index (χ3v) is 3.05. The molecule has 6 nitrogen and oxygen atoms in total. The van der Waals surface area contributed by atoms with Crippen LogP contribution in [-0.4, -0.2) is 39.9 Å². The molecule has 1 aromatic carbocycles. The first-order valence-electron chi connectivity index (χ1n) is 7.49. The van der Waals surface area contributed by atoms with E-state index in [9.17, 15) is 17.6 Å².